The molecule has 1 saturated heterocycles. The van der Waals surface area contributed by atoms with Gasteiger partial charge in [-0.2, -0.15) is 0 Å². The Morgan fingerprint density at radius 1 is 1.27 bits per heavy atom. The number of carbonyl (C=O) groups excluding carboxylic acids is 3. The number of hydrogen-bond acceptors (Lipinski definition) is 7. The van der Waals surface area contributed by atoms with E-state index in [-0.39, 0.29) is 34.1 Å². The van der Waals surface area contributed by atoms with E-state index in [1.165, 1.54) is 19.2 Å². The van der Waals surface area contributed by atoms with Gasteiger partial charge in [0.2, 0.25) is 0 Å². The van der Waals surface area contributed by atoms with Gasteiger partial charge >= 0.3 is 0 Å². The van der Waals surface area contributed by atoms with Crippen LogP contribution in [0.25, 0.3) is 6.08 Å². The Morgan fingerprint density at radius 3 is 2.67 bits per heavy atom. The van der Waals surface area contributed by atoms with Gasteiger partial charge in [0.1, 0.15) is 6.61 Å². The highest BCUT2D eigenvalue weighted by Crippen LogP contribution is 2.39. The predicted molar refractivity (Wildman–Crippen MR) is 111 cm³/mol. The summed E-state index contributed by atoms with van der Waals surface area (Å²) >= 11 is 7.23. The van der Waals surface area contributed by atoms with E-state index >= 15 is 0 Å². The minimum absolute atomic E-state index is 0.0468. The van der Waals surface area contributed by atoms with Crippen molar-refractivity contribution in [3.8, 4) is 11.5 Å². The van der Waals surface area contributed by atoms with Crippen LogP contribution in [0.1, 0.15) is 28.4 Å². The molecular formula is C21H17ClNO6S-. The number of rotatable bonds is 7. The van der Waals surface area contributed by atoms with Gasteiger partial charge in [-0.1, -0.05) is 29.8 Å². The highest BCUT2D eigenvalue weighted by atomic mass is 35.5. The van der Waals surface area contributed by atoms with Crippen LogP contribution >= 0.6 is 23.4 Å². The molecule has 3 rings (SSSR count). The maximum Gasteiger partial charge on any atom is 0.293 e. The van der Waals surface area contributed by atoms with Crippen LogP contribution in [-0.2, 0) is 11.4 Å². The number of hydrogen-bond donors (Lipinski definition) is 0. The van der Waals surface area contributed by atoms with E-state index < -0.39 is 5.97 Å². The maximum atomic E-state index is 12.3. The lowest BCUT2D eigenvalue weighted by atomic mass is 10.1. The molecule has 156 valence electrons. The number of amides is 2. The van der Waals surface area contributed by atoms with Crippen molar-refractivity contribution in [3.05, 3.63) is 63.0 Å². The fourth-order valence-corrected chi connectivity index (χ4v) is 4.01. The smallest absolute Gasteiger partial charge is 0.293 e. The minimum atomic E-state index is -1.27. The highest BCUT2D eigenvalue weighted by Gasteiger charge is 2.33. The number of likely N-dealkylation sites (N-methyl/N-ethyl adjacent to an activating group) is 1. The number of nitrogens with zero attached hydrogens (tertiary/aromatic N) is 1. The van der Waals surface area contributed by atoms with E-state index in [2.05, 4.69) is 0 Å². The van der Waals surface area contributed by atoms with E-state index in [4.69, 9.17) is 21.1 Å². The number of thioether (sulfide) groups is 1. The van der Waals surface area contributed by atoms with Crippen molar-refractivity contribution in [1.29, 1.82) is 0 Å². The molecule has 1 fully saturated rings. The van der Waals surface area contributed by atoms with Gasteiger partial charge in [-0.25, -0.2) is 0 Å². The van der Waals surface area contributed by atoms with Gasteiger partial charge in [-0.3, -0.25) is 14.5 Å². The van der Waals surface area contributed by atoms with Gasteiger partial charge in [0, 0.05) is 6.54 Å². The first-order chi connectivity index (χ1) is 14.3. The first-order valence-corrected chi connectivity index (χ1v) is 10.1. The van der Waals surface area contributed by atoms with Crippen molar-refractivity contribution >= 4 is 46.6 Å². The molecule has 0 aromatic heterocycles. The monoisotopic (exact) mass is 446 g/mol. The molecule has 1 aliphatic rings. The van der Waals surface area contributed by atoms with Crippen LogP contribution in [0.5, 0.6) is 11.5 Å². The van der Waals surface area contributed by atoms with E-state index in [0.717, 1.165) is 16.7 Å². The predicted octanol–water partition coefficient (Wildman–Crippen LogP) is 3.35. The zero-order valence-corrected chi connectivity index (χ0v) is 17.7. The van der Waals surface area contributed by atoms with Crippen molar-refractivity contribution in [2.75, 3.05) is 13.7 Å². The zero-order valence-electron chi connectivity index (χ0n) is 16.1. The van der Waals surface area contributed by atoms with Crippen molar-refractivity contribution in [2.24, 2.45) is 0 Å². The Balaban J connectivity index is 1.84. The molecule has 0 unspecified atom stereocenters. The lowest BCUT2D eigenvalue weighted by Crippen LogP contribution is -2.27. The fourth-order valence-electron chi connectivity index (χ4n) is 2.83. The fraction of sp³-hybridized carbons (Fsp3) is 0.190. The first kappa shape index (κ1) is 21.7. The maximum absolute atomic E-state index is 12.3. The molecule has 2 aromatic rings. The Labute approximate surface area is 182 Å². The molecule has 2 amide bonds. The largest absolute Gasteiger partial charge is 0.545 e. The van der Waals surface area contributed by atoms with Gasteiger partial charge < -0.3 is 19.4 Å². The van der Waals surface area contributed by atoms with Crippen molar-refractivity contribution < 1.29 is 29.0 Å². The van der Waals surface area contributed by atoms with Crippen LogP contribution in [0, 0.1) is 0 Å². The molecule has 0 spiro atoms. The lowest BCUT2D eigenvalue weighted by molar-refractivity contribution is -0.255. The van der Waals surface area contributed by atoms with Crippen LogP contribution in [0.3, 0.4) is 0 Å². The van der Waals surface area contributed by atoms with Gasteiger partial charge in [0.15, 0.2) is 11.5 Å². The Kier molecular flexibility index (Phi) is 6.69. The Morgan fingerprint density at radius 2 is 2.03 bits per heavy atom. The normalized spacial score (nSPS) is 15.0. The van der Waals surface area contributed by atoms with E-state index in [1.54, 1.807) is 37.3 Å². The van der Waals surface area contributed by atoms with E-state index in [1.807, 2.05) is 0 Å². The minimum Gasteiger partial charge on any atom is -0.545 e. The molecule has 0 aliphatic carbocycles. The van der Waals surface area contributed by atoms with Crippen molar-refractivity contribution in [2.45, 2.75) is 13.5 Å². The number of methoxy groups -OCH3 is 1. The number of aromatic carboxylic acids is 1. The van der Waals surface area contributed by atoms with Gasteiger partial charge in [0.25, 0.3) is 11.1 Å². The van der Waals surface area contributed by atoms with Gasteiger partial charge in [0.05, 0.1) is 23.0 Å². The standard InChI is InChI=1S/C21H18ClNO6S/c1-3-23-19(24)17(30-21(23)27)10-13-8-15(22)18(16(9-13)28-2)29-11-12-5-4-6-14(7-12)20(25)26/h4-10H,3,11H2,1-2H3,(H,25,26)/p-1/b17-10+. The van der Waals surface area contributed by atoms with Crippen LogP contribution in [-0.4, -0.2) is 35.7 Å². The first-order valence-electron chi connectivity index (χ1n) is 8.90. The van der Waals surface area contributed by atoms with Crippen molar-refractivity contribution in [3.63, 3.8) is 0 Å². The Hall–Kier alpha value is -2.97. The van der Waals surface area contributed by atoms with Gasteiger partial charge in [-0.15, -0.1) is 0 Å². The quantitative estimate of drug-likeness (QED) is 0.601. The van der Waals surface area contributed by atoms with Crippen LogP contribution in [0.4, 0.5) is 4.79 Å². The van der Waals surface area contributed by atoms with Crippen LogP contribution in [0.15, 0.2) is 41.3 Å². The summed E-state index contributed by atoms with van der Waals surface area (Å²) in [6, 6.07) is 9.42. The molecule has 9 heteroatoms. The molecule has 0 N–H and O–H groups in total. The second-order valence-electron chi connectivity index (χ2n) is 6.24. The summed E-state index contributed by atoms with van der Waals surface area (Å²) in [4.78, 5) is 36.6. The average Bonchev–Trinajstić information content (AvgIpc) is 2.99. The number of ether oxygens (including phenoxy) is 2. The molecule has 0 atom stereocenters. The molecule has 1 aliphatic heterocycles. The highest BCUT2D eigenvalue weighted by molar-refractivity contribution is 8.18. The topological polar surface area (TPSA) is 96.0 Å². The average molecular weight is 447 g/mol. The number of carboxylic acid groups (broad SMARTS) is 1. The van der Waals surface area contributed by atoms with E-state index in [9.17, 15) is 19.5 Å². The summed E-state index contributed by atoms with van der Waals surface area (Å²) in [5.41, 5.74) is 1.24. The summed E-state index contributed by atoms with van der Waals surface area (Å²) in [5.74, 6) is -1.02. The second kappa shape index (κ2) is 9.23. The number of benzene rings is 2. The van der Waals surface area contributed by atoms with Crippen LogP contribution < -0.4 is 14.6 Å². The molecule has 0 saturated carbocycles. The molecule has 0 radical (unpaired) electrons. The summed E-state index contributed by atoms with van der Waals surface area (Å²) in [6.07, 6.45) is 1.57. The van der Waals surface area contributed by atoms with Crippen molar-refractivity contribution in [1.82, 2.24) is 4.90 Å². The SMILES string of the molecule is CCN1C(=O)S/C(=C/c2cc(Cl)c(OCc3cccc(C(=O)[O-])c3)c(OC)c2)C1=O. The summed E-state index contributed by atoms with van der Waals surface area (Å²) in [7, 11) is 1.45. The molecule has 1 heterocycles. The number of carboxylic acids is 1. The number of carbonyl (C=O) groups is 3. The van der Waals surface area contributed by atoms with E-state index in [0.29, 0.717) is 28.3 Å². The Bertz CT molecular complexity index is 1050. The van der Waals surface area contributed by atoms with Crippen LogP contribution in [0.2, 0.25) is 5.02 Å². The lowest BCUT2D eigenvalue weighted by Gasteiger charge is -2.14. The zero-order chi connectivity index (χ0) is 21.8. The molecule has 7 nitrogen and oxygen atoms in total. The van der Waals surface area contributed by atoms with Gasteiger partial charge in [-0.05, 0) is 59.7 Å². The summed E-state index contributed by atoms with van der Waals surface area (Å²) in [5, 5.41) is 10.9. The third-order valence-corrected chi connectivity index (χ3v) is 5.47. The summed E-state index contributed by atoms with van der Waals surface area (Å²) < 4.78 is 11.1. The molecular weight excluding hydrogens is 430 g/mol. The summed E-state index contributed by atoms with van der Waals surface area (Å²) in [6.45, 7) is 2.10. The third kappa shape index (κ3) is 4.60. The number of imide groups is 1. The second-order valence-corrected chi connectivity index (χ2v) is 7.64. The third-order valence-electron chi connectivity index (χ3n) is 4.29. The molecule has 30 heavy (non-hydrogen) atoms. The number of halogens is 1. The molecule has 2 aromatic carbocycles. The molecule has 0 bridgehead atoms.